The molecule has 4 nitrogen and oxygen atoms in total. The lowest BCUT2D eigenvalue weighted by molar-refractivity contribution is 0.181. The summed E-state index contributed by atoms with van der Waals surface area (Å²) in [5, 5.41) is 0.757. The second-order valence-electron chi connectivity index (χ2n) is 7.00. The first kappa shape index (κ1) is 19.4. The summed E-state index contributed by atoms with van der Waals surface area (Å²) in [4.78, 5) is 2.62. The second kappa shape index (κ2) is 8.09. The van der Waals surface area contributed by atoms with Crippen molar-refractivity contribution in [3.05, 3.63) is 64.7 Å². The van der Waals surface area contributed by atoms with E-state index in [9.17, 15) is 8.42 Å². The Labute approximate surface area is 161 Å². The molecule has 0 radical (unpaired) electrons. The van der Waals surface area contributed by atoms with E-state index >= 15 is 0 Å². The fourth-order valence-corrected chi connectivity index (χ4v) is 4.79. The molecule has 0 unspecified atom stereocenters. The highest BCUT2D eigenvalue weighted by atomic mass is 35.5. The van der Waals surface area contributed by atoms with Crippen LogP contribution in [0.3, 0.4) is 0 Å². The van der Waals surface area contributed by atoms with Gasteiger partial charge in [0.2, 0.25) is 10.0 Å². The minimum atomic E-state index is -3.43. The van der Waals surface area contributed by atoms with Crippen molar-refractivity contribution in [1.29, 1.82) is 0 Å². The van der Waals surface area contributed by atoms with Gasteiger partial charge in [-0.25, -0.2) is 8.42 Å². The highest BCUT2D eigenvalue weighted by molar-refractivity contribution is 7.89. The Morgan fingerprint density at radius 3 is 2.15 bits per heavy atom. The molecule has 1 aliphatic heterocycles. The standard InChI is InChI=1S/C20H25ClN2O2S/c1-16(2)17-7-9-19(10-8-17)26(24,25)23-13-11-22(12-14-23)15-18-5-3-4-6-20(18)21/h3-10,16H,11-15H2,1-2H3. The minimum Gasteiger partial charge on any atom is -0.296 e. The summed E-state index contributed by atoms with van der Waals surface area (Å²) in [7, 11) is -3.43. The first-order chi connectivity index (χ1) is 12.4. The van der Waals surface area contributed by atoms with Gasteiger partial charge in [0, 0.05) is 37.7 Å². The number of nitrogens with zero attached hydrogens (tertiary/aromatic N) is 2. The van der Waals surface area contributed by atoms with Gasteiger partial charge in [-0.1, -0.05) is 55.8 Å². The van der Waals surface area contributed by atoms with Crippen LogP contribution in [-0.2, 0) is 16.6 Å². The summed E-state index contributed by atoms with van der Waals surface area (Å²) in [6.45, 7) is 7.35. The molecule has 2 aromatic rings. The van der Waals surface area contributed by atoms with Crippen LogP contribution in [0, 0.1) is 0 Å². The van der Waals surface area contributed by atoms with Crippen molar-refractivity contribution in [2.45, 2.75) is 31.2 Å². The van der Waals surface area contributed by atoms with Crippen LogP contribution in [0.1, 0.15) is 30.9 Å². The summed E-state index contributed by atoms with van der Waals surface area (Å²) in [5.41, 5.74) is 2.23. The summed E-state index contributed by atoms with van der Waals surface area (Å²) in [6, 6.07) is 15.1. The van der Waals surface area contributed by atoms with E-state index in [1.807, 2.05) is 36.4 Å². The lowest BCUT2D eigenvalue weighted by Crippen LogP contribution is -2.48. The largest absolute Gasteiger partial charge is 0.296 e. The molecule has 0 saturated carbocycles. The number of hydrogen-bond donors (Lipinski definition) is 0. The maximum Gasteiger partial charge on any atom is 0.243 e. The third-order valence-electron chi connectivity index (χ3n) is 4.87. The molecule has 0 amide bonds. The van der Waals surface area contributed by atoms with Crippen molar-refractivity contribution >= 4 is 21.6 Å². The topological polar surface area (TPSA) is 40.6 Å². The Morgan fingerprint density at radius 2 is 1.58 bits per heavy atom. The van der Waals surface area contributed by atoms with Crippen molar-refractivity contribution in [3.63, 3.8) is 0 Å². The summed E-state index contributed by atoms with van der Waals surface area (Å²) in [6.07, 6.45) is 0. The third kappa shape index (κ3) is 4.29. The van der Waals surface area contributed by atoms with Crippen LogP contribution in [0.4, 0.5) is 0 Å². The van der Waals surface area contributed by atoms with Crippen LogP contribution >= 0.6 is 11.6 Å². The molecular weight excluding hydrogens is 368 g/mol. The lowest BCUT2D eigenvalue weighted by Gasteiger charge is -2.34. The minimum absolute atomic E-state index is 0.376. The average molecular weight is 393 g/mol. The van der Waals surface area contributed by atoms with E-state index in [1.54, 1.807) is 16.4 Å². The van der Waals surface area contributed by atoms with Gasteiger partial charge >= 0.3 is 0 Å². The first-order valence-corrected chi connectivity index (χ1v) is 10.8. The van der Waals surface area contributed by atoms with E-state index in [0.29, 0.717) is 37.0 Å². The maximum atomic E-state index is 12.9. The molecule has 1 saturated heterocycles. The second-order valence-corrected chi connectivity index (χ2v) is 9.34. The zero-order valence-electron chi connectivity index (χ0n) is 15.2. The van der Waals surface area contributed by atoms with Gasteiger partial charge in [0.25, 0.3) is 0 Å². The van der Waals surface area contributed by atoms with Gasteiger partial charge in [-0.3, -0.25) is 4.90 Å². The quantitative estimate of drug-likeness (QED) is 0.773. The number of hydrogen-bond acceptors (Lipinski definition) is 3. The molecule has 3 rings (SSSR count). The molecule has 0 aliphatic carbocycles. The van der Waals surface area contributed by atoms with Crippen LogP contribution < -0.4 is 0 Å². The van der Waals surface area contributed by atoms with E-state index < -0.39 is 10.0 Å². The van der Waals surface area contributed by atoms with Crippen LogP contribution in [0.2, 0.25) is 5.02 Å². The number of benzene rings is 2. The van der Waals surface area contributed by atoms with Gasteiger partial charge < -0.3 is 0 Å². The summed E-state index contributed by atoms with van der Waals surface area (Å²) < 4.78 is 27.3. The number of piperazine rings is 1. The van der Waals surface area contributed by atoms with Crippen molar-refractivity contribution < 1.29 is 8.42 Å². The van der Waals surface area contributed by atoms with Crippen LogP contribution in [-0.4, -0.2) is 43.8 Å². The number of rotatable bonds is 5. The van der Waals surface area contributed by atoms with Gasteiger partial charge in [-0.15, -0.1) is 0 Å². The van der Waals surface area contributed by atoms with E-state index in [2.05, 4.69) is 18.7 Å². The monoisotopic (exact) mass is 392 g/mol. The van der Waals surface area contributed by atoms with Crippen molar-refractivity contribution in [2.75, 3.05) is 26.2 Å². The van der Waals surface area contributed by atoms with Gasteiger partial charge in [0.15, 0.2) is 0 Å². The first-order valence-electron chi connectivity index (χ1n) is 8.94. The SMILES string of the molecule is CC(C)c1ccc(S(=O)(=O)N2CCN(Cc3ccccc3Cl)CC2)cc1. The molecule has 0 N–H and O–H groups in total. The third-order valence-corrected chi connectivity index (χ3v) is 7.15. The molecular formula is C20H25ClN2O2S. The normalized spacial score (nSPS) is 16.9. The lowest BCUT2D eigenvalue weighted by atomic mass is 10.0. The summed E-state index contributed by atoms with van der Waals surface area (Å²) in [5.74, 6) is 0.389. The molecule has 0 spiro atoms. The highest BCUT2D eigenvalue weighted by Crippen LogP contribution is 2.22. The molecule has 1 fully saturated rings. The molecule has 6 heteroatoms. The Morgan fingerprint density at radius 1 is 0.962 bits per heavy atom. The zero-order chi connectivity index (χ0) is 18.7. The zero-order valence-corrected chi connectivity index (χ0v) is 16.8. The van der Waals surface area contributed by atoms with E-state index in [1.165, 1.54) is 0 Å². The van der Waals surface area contributed by atoms with Crippen LogP contribution in [0.15, 0.2) is 53.4 Å². The predicted octanol–water partition coefficient (Wildman–Crippen LogP) is 3.97. The molecule has 2 aromatic carbocycles. The average Bonchev–Trinajstić information content (AvgIpc) is 2.64. The van der Waals surface area contributed by atoms with Crippen LogP contribution in [0.5, 0.6) is 0 Å². The van der Waals surface area contributed by atoms with Gasteiger partial charge in [0.1, 0.15) is 0 Å². The van der Waals surface area contributed by atoms with E-state index in [4.69, 9.17) is 11.6 Å². The molecule has 1 heterocycles. The number of sulfonamides is 1. The van der Waals surface area contributed by atoms with Gasteiger partial charge in [-0.2, -0.15) is 4.31 Å². The molecule has 26 heavy (non-hydrogen) atoms. The molecule has 0 atom stereocenters. The van der Waals surface area contributed by atoms with Crippen molar-refractivity contribution in [2.24, 2.45) is 0 Å². The Kier molecular flexibility index (Phi) is 6.03. The fourth-order valence-electron chi connectivity index (χ4n) is 3.17. The molecule has 0 bridgehead atoms. The van der Waals surface area contributed by atoms with Crippen molar-refractivity contribution in [3.8, 4) is 0 Å². The summed E-state index contributed by atoms with van der Waals surface area (Å²) >= 11 is 6.23. The maximum absolute atomic E-state index is 12.9. The Hall–Kier alpha value is -1.40. The Balaban J connectivity index is 1.64. The Bertz CT molecular complexity index is 842. The fraction of sp³-hybridized carbons (Fsp3) is 0.400. The molecule has 0 aromatic heterocycles. The smallest absolute Gasteiger partial charge is 0.243 e. The predicted molar refractivity (Wildman–Crippen MR) is 106 cm³/mol. The number of halogens is 1. The molecule has 1 aliphatic rings. The van der Waals surface area contributed by atoms with Crippen LogP contribution in [0.25, 0.3) is 0 Å². The van der Waals surface area contributed by atoms with Gasteiger partial charge in [-0.05, 0) is 35.2 Å². The van der Waals surface area contributed by atoms with Gasteiger partial charge in [0.05, 0.1) is 4.90 Å². The van der Waals surface area contributed by atoms with E-state index in [-0.39, 0.29) is 0 Å². The highest BCUT2D eigenvalue weighted by Gasteiger charge is 2.28. The molecule has 140 valence electrons. The van der Waals surface area contributed by atoms with E-state index in [0.717, 1.165) is 22.7 Å². The van der Waals surface area contributed by atoms with Crippen molar-refractivity contribution in [1.82, 2.24) is 9.21 Å².